The van der Waals surface area contributed by atoms with Crippen molar-refractivity contribution in [2.45, 2.75) is 44.0 Å². The van der Waals surface area contributed by atoms with E-state index in [-0.39, 0.29) is 15.8 Å². The molecule has 1 fully saturated rings. The van der Waals surface area contributed by atoms with Crippen molar-refractivity contribution < 1.29 is 18.3 Å². The van der Waals surface area contributed by atoms with Gasteiger partial charge in [0.05, 0.1) is 0 Å². The predicted octanol–water partition coefficient (Wildman–Crippen LogP) is 2.22. The third kappa shape index (κ3) is 2.82. The molecule has 1 aromatic rings. The smallest absolute Gasteiger partial charge is 0.347 e. The number of carboxylic acids is 1. The molecule has 2 rings (SSSR count). The van der Waals surface area contributed by atoms with Crippen molar-refractivity contribution in [3.05, 3.63) is 15.8 Å². The minimum Gasteiger partial charge on any atom is -0.477 e. The number of aryl methyl sites for hydroxylation is 1. The highest BCUT2D eigenvalue weighted by molar-refractivity contribution is 7.89. The molecule has 0 aromatic carbocycles. The molecule has 1 aromatic heterocycles. The topological polar surface area (TPSA) is 83.5 Å². The van der Waals surface area contributed by atoms with Crippen LogP contribution in [0.5, 0.6) is 0 Å². The van der Waals surface area contributed by atoms with E-state index in [9.17, 15) is 13.2 Å². The Bertz CT molecular complexity index is 587. The van der Waals surface area contributed by atoms with Gasteiger partial charge in [0.15, 0.2) is 0 Å². The lowest BCUT2D eigenvalue weighted by atomic mass is 9.81. The van der Waals surface area contributed by atoms with E-state index in [1.807, 2.05) is 6.92 Å². The first-order valence-corrected chi connectivity index (χ1v) is 8.53. The summed E-state index contributed by atoms with van der Waals surface area (Å²) in [7, 11) is -3.76. The number of aromatic carboxylic acids is 1. The maximum atomic E-state index is 12.3. The average Bonchev–Trinajstić information content (AvgIpc) is 2.56. The van der Waals surface area contributed by atoms with Gasteiger partial charge in [0.25, 0.3) is 0 Å². The zero-order chi connectivity index (χ0) is 14.2. The average molecular weight is 303 g/mol. The molecule has 0 spiro atoms. The van der Waals surface area contributed by atoms with Crippen LogP contribution in [0, 0.1) is 12.8 Å². The Balaban J connectivity index is 2.28. The van der Waals surface area contributed by atoms with Crippen molar-refractivity contribution in [3.8, 4) is 0 Å². The standard InChI is InChI=1S/C12H17NO4S2/c1-7-6-18-10(12(14)15)11(7)19(16,17)13-8(2)9-4-3-5-9/h6,8-9,13H,3-5H2,1-2H3,(H,14,15). The molecule has 2 N–H and O–H groups in total. The number of hydrogen-bond acceptors (Lipinski definition) is 4. The van der Waals surface area contributed by atoms with Crippen LogP contribution >= 0.6 is 11.3 Å². The first kappa shape index (κ1) is 14.5. The lowest BCUT2D eigenvalue weighted by molar-refractivity contribution is 0.0698. The van der Waals surface area contributed by atoms with Crippen LogP contribution in [0.3, 0.4) is 0 Å². The van der Waals surface area contributed by atoms with E-state index in [2.05, 4.69) is 4.72 Å². The lowest BCUT2D eigenvalue weighted by Gasteiger charge is -2.31. The van der Waals surface area contributed by atoms with Crippen molar-refractivity contribution in [1.82, 2.24) is 4.72 Å². The number of carboxylic acid groups (broad SMARTS) is 1. The van der Waals surface area contributed by atoms with Gasteiger partial charge in [0, 0.05) is 6.04 Å². The van der Waals surface area contributed by atoms with Gasteiger partial charge in [-0.25, -0.2) is 17.9 Å². The Labute approximate surface area is 116 Å². The molecule has 1 aliphatic rings. The highest BCUT2D eigenvalue weighted by Crippen LogP contribution is 2.32. The fraction of sp³-hybridized carbons (Fsp3) is 0.583. The molecule has 7 heteroatoms. The van der Waals surface area contributed by atoms with E-state index in [1.54, 1.807) is 12.3 Å². The molecule has 1 saturated carbocycles. The second-order valence-electron chi connectivity index (χ2n) is 4.98. The first-order chi connectivity index (χ1) is 8.83. The van der Waals surface area contributed by atoms with E-state index < -0.39 is 16.0 Å². The molecule has 1 unspecified atom stereocenters. The highest BCUT2D eigenvalue weighted by atomic mass is 32.2. The summed E-state index contributed by atoms with van der Waals surface area (Å²) >= 11 is 0.948. The third-order valence-electron chi connectivity index (χ3n) is 3.58. The van der Waals surface area contributed by atoms with Crippen LogP contribution in [-0.4, -0.2) is 25.5 Å². The van der Waals surface area contributed by atoms with Crippen LogP contribution in [-0.2, 0) is 10.0 Å². The summed E-state index contributed by atoms with van der Waals surface area (Å²) < 4.78 is 27.3. The lowest BCUT2D eigenvalue weighted by Crippen LogP contribution is -2.41. The Kier molecular flexibility index (Phi) is 3.98. The molecule has 5 nitrogen and oxygen atoms in total. The number of thiophene rings is 1. The molecule has 1 aliphatic carbocycles. The molecule has 0 radical (unpaired) electrons. The second kappa shape index (κ2) is 5.22. The van der Waals surface area contributed by atoms with E-state index in [0.717, 1.165) is 30.6 Å². The number of nitrogens with one attached hydrogen (secondary N) is 1. The number of hydrogen-bond donors (Lipinski definition) is 2. The van der Waals surface area contributed by atoms with Crippen molar-refractivity contribution >= 4 is 27.3 Å². The molecule has 19 heavy (non-hydrogen) atoms. The SMILES string of the molecule is Cc1csc(C(=O)O)c1S(=O)(=O)NC(C)C1CCC1. The summed E-state index contributed by atoms with van der Waals surface area (Å²) in [4.78, 5) is 10.9. The molecule has 0 bridgehead atoms. The van der Waals surface area contributed by atoms with Crippen molar-refractivity contribution in [3.63, 3.8) is 0 Å². The normalized spacial score (nSPS) is 18.0. The van der Waals surface area contributed by atoms with Crippen LogP contribution in [0.4, 0.5) is 0 Å². The van der Waals surface area contributed by atoms with E-state index in [1.165, 1.54) is 0 Å². The molecular formula is C12H17NO4S2. The van der Waals surface area contributed by atoms with Gasteiger partial charge < -0.3 is 5.11 Å². The minimum atomic E-state index is -3.76. The zero-order valence-electron chi connectivity index (χ0n) is 10.8. The van der Waals surface area contributed by atoms with Gasteiger partial charge in [0.2, 0.25) is 10.0 Å². The van der Waals surface area contributed by atoms with Crippen LogP contribution in [0.2, 0.25) is 0 Å². The summed E-state index contributed by atoms with van der Waals surface area (Å²) in [5, 5.41) is 10.6. The van der Waals surface area contributed by atoms with Crippen LogP contribution in [0.1, 0.15) is 41.4 Å². The number of sulfonamides is 1. The van der Waals surface area contributed by atoms with Gasteiger partial charge in [-0.2, -0.15) is 0 Å². The van der Waals surface area contributed by atoms with Gasteiger partial charge in [-0.15, -0.1) is 11.3 Å². The number of rotatable bonds is 5. The van der Waals surface area contributed by atoms with Gasteiger partial charge in [-0.1, -0.05) is 6.42 Å². The molecule has 0 saturated heterocycles. The highest BCUT2D eigenvalue weighted by Gasteiger charge is 2.31. The molecular weight excluding hydrogens is 286 g/mol. The summed E-state index contributed by atoms with van der Waals surface area (Å²) in [5.41, 5.74) is 0.482. The van der Waals surface area contributed by atoms with Gasteiger partial charge in [-0.3, -0.25) is 0 Å². The maximum absolute atomic E-state index is 12.3. The zero-order valence-corrected chi connectivity index (χ0v) is 12.5. The van der Waals surface area contributed by atoms with Crippen molar-refractivity contribution in [1.29, 1.82) is 0 Å². The molecule has 106 valence electrons. The van der Waals surface area contributed by atoms with Crippen LogP contribution in [0.15, 0.2) is 10.3 Å². The summed E-state index contributed by atoms with van der Waals surface area (Å²) in [5.74, 6) is -0.836. The van der Waals surface area contributed by atoms with E-state index in [0.29, 0.717) is 11.5 Å². The van der Waals surface area contributed by atoms with E-state index >= 15 is 0 Å². The minimum absolute atomic E-state index is 0.0869. The van der Waals surface area contributed by atoms with Crippen LogP contribution < -0.4 is 4.72 Å². The predicted molar refractivity (Wildman–Crippen MR) is 73.1 cm³/mol. The van der Waals surface area contributed by atoms with Gasteiger partial charge >= 0.3 is 5.97 Å². The molecule has 1 heterocycles. The monoisotopic (exact) mass is 303 g/mol. The Hall–Kier alpha value is -0.920. The quantitative estimate of drug-likeness (QED) is 0.873. The Morgan fingerprint density at radius 1 is 1.53 bits per heavy atom. The summed E-state index contributed by atoms with van der Waals surface area (Å²) in [6.07, 6.45) is 3.19. The Morgan fingerprint density at radius 3 is 2.63 bits per heavy atom. The summed E-state index contributed by atoms with van der Waals surface area (Å²) in [6, 6.07) is -0.153. The largest absolute Gasteiger partial charge is 0.477 e. The first-order valence-electron chi connectivity index (χ1n) is 6.16. The van der Waals surface area contributed by atoms with Crippen molar-refractivity contribution in [2.75, 3.05) is 0 Å². The second-order valence-corrected chi connectivity index (χ2v) is 7.51. The maximum Gasteiger partial charge on any atom is 0.347 e. The summed E-state index contributed by atoms with van der Waals surface area (Å²) in [6.45, 7) is 3.45. The Morgan fingerprint density at radius 2 is 2.16 bits per heavy atom. The molecule has 1 atom stereocenters. The third-order valence-corrected chi connectivity index (χ3v) is 6.54. The van der Waals surface area contributed by atoms with Crippen molar-refractivity contribution in [2.24, 2.45) is 5.92 Å². The molecule has 0 aliphatic heterocycles. The number of carbonyl (C=O) groups is 1. The van der Waals surface area contributed by atoms with Crippen LogP contribution in [0.25, 0.3) is 0 Å². The van der Waals surface area contributed by atoms with E-state index in [4.69, 9.17) is 5.11 Å². The fourth-order valence-corrected chi connectivity index (χ4v) is 5.20. The molecule has 0 amide bonds. The van der Waals surface area contributed by atoms with Gasteiger partial charge in [0.1, 0.15) is 9.77 Å². The van der Waals surface area contributed by atoms with Gasteiger partial charge in [-0.05, 0) is 43.6 Å². The fourth-order valence-electron chi connectivity index (χ4n) is 2.25.